The average molecular weight is 260 g/mol. The largest absolute Gasteiger partial charge is 0.508 e. The molecule has 1 nitrogen and oxygen atoms in total. The third-order valence-corrected chi connectivity index (χ3v) is 3.67. The van der Waals surface area contributed by atoms with Gasteiger partial charge in [-0.2, -0.15) is 0 Å². The van der Waals surface area contributed by atoms with E-state index in [1.54, 1.807) is 12.1 Å². The lowest BCUT2D eigenvalue weighted by molar-refractivity contribution is -0.0867. The maximum Gasteiger partial charge on any atom is 0.249 e. The van der Waals surface area contributed by atoms with Crippen LogP contribution in [-0.2, 0) is 0 Å². The normalized spacial score (nSPS) is 18.0. The highest BCUT2D eigenvalue weighted by Crippen LogP contribution is 2.48. The van der Waals surface area contributed by atoms with Crippen molar-refractivity contribution in [1.82, 2.24) is 0 Å². The highest BCUT2D eigenvalue weighted by atomic mass is 19.3. The van der Waals surface area contributed by atoms with Crippen LogP contribution in [0.15, 0.2) is 48.5 Å². The molecule has 2 aromatic rings. The molecule has 1 N–H and O–H groups in total. The number of phenolic OH excluding ortho intramolecular Hbond substituents is 1. The zero-order valence-electron chi connectivity index (χ0n) is 10.3. The summed E-state index contributed by atoms with van der Waals surface area (Å²) in [7, 11) is 0. The van der Waals surface area contributed by atoms with E-state index in [-0.39, 0.29) is 24.5 Å². The Balaban J connectivity index is 1.78. The zero-order valence-corrected chi connectivity index (χ0v) is 10.3. The molecular formula is C16H14F2O. The molecule has 0 atom stereocenters. The first-order valence-electron chi connectivity index (χ1n) is 6.31. The maximum absolute atomic E-state index is 12.8. The number of phenols is 1. The van der Waals surface area contributed by atoms with Crippen molar-refractivity contribution in [2.45, 2.75) is 24.7 Å². The van der Waals surface area contributed by atoms with Gasteiger partial charge in [-0.15, -0.1) is 0 Å². The number of halogens is 2. The molecule has 0 aromatic heterocycles. The lowest BCUT2D eigenvalue weighted by Gasteiger charge is -2.35. The fourth-order valence-corrected chi connectivity index (χ4v) is 2.50. The van der Waals surface area contributed by atoms with E-state index in [4.69, 9.17) is 0 Å². The predicted molar refractivity (Wildman–Crippen MR) is 70.5 cm³/mol. The van der Waals surface area contributed by atoms with E-state index in [0.717, 1.165) is 16.7 Å². The monoisotopic (exact) mass is 260 g/mol. The Kier molecular flexibility index (Phi) is 2.77. The van der Waals surface area contributed by atoms with Crippen LogP contribution < -0.4 is 0 Å². The molecule has 0 heterocycles. The van der Waals surface area contributed by atoms with Gasteiger partial charge in [0, 0.05) is 12.8 Å². The number of hydrogen-bond donors (Lipinski definition) is 1. The number of hydrogen-bond acceptors (Lipinski definition) is 1. The average Bonchev–Trinajstić information content (AvgIpc) is 2.37. The summed E-state index contributed by atoms with van der Waals surface area (Å²) in [5, 5.41) is 9.24. The highest BCUT2D eigenvalue weighted by Gasteiger charge is 2.45. The molecule has 1 saturated carbocycles. The third kappa shape index (κ3) is 2.46. The van der Waals surface area contributed by atoms with Crippen molar-refractivity contribution in [1.29, 1.82) is 0 Å². The van der Waals surface area contributed by atoms with Crippen molar-refractivity contribution in [2.24, 2.45) is 0 Å². The molecule has 0 spiro atoms. The summed E-state index contributed by atoms with van der Waals surface area (Å²) in [6.45, 7) is 0. The Bertz CT molecular complexity index is 565. The Morgan fingerprint density at radius 2 is 1.32 bits per heavy atom. The highest BCUT2D eigenvalue weighted by molar-refractivity contribution is 5.64. The van der Waals surface area contributed by atoms with E-state index in [1.807, 2.05) is 36.4 Å². The number of benzene rings is 2. The first-order valence-corrected chi connectivity index (χ1v) is 6.31. The molecule has 98 valence electrons. The molecule has 3 heteroatoms. The van der Waals surface area contributed by atoms with E-state index >= 15 is 0 Å². The smallest absolute Gasteiger partial charge is 0.249 e. The van der Waals surface area contributed by atoms with Crippen molar-refractivity contribution in [3.63, 3.8) is 0 Å². The van der Waals surface area contributed by atoms with E-state index in [1.165, 1.54) is 0 Å². The quantitative estimate of drug-likeness (QED) is 0.838. The van der Waals surface area contributed by atoms with Crippen molar-refractivity contribution < 1.29 is 13.9 Å². The van der Waals surface area contributed by atoms with Gasteiger partial charge in [-0.1, -0.05) is 36.4 Å². The van der Waals surface area contributed by atoms with Crippen LogP contribution in [0.5, 0.6) is 5.75 Å². The minimum absolute atomic E-state index is 0.0103. The summed E-state index contributed by atoms with van der Waals surface area (Å²) in [6, 6.07) is 14.7. The van der Waals surface area contributed by atoms with Crippen LogP contribution in [0.3, 0.4) is 0 Å². The molecule has 0 aliphatic heterocycles. The standard InChI is InChI=1S/C16H14F2O/c17-16(18)9-14(10-16)13-3-1-11(2-4-13)12-5-7-15(19)8-6-12/h1-8,14,19H,9-10H2. The second-order valence-electron chi connectivity index (χ2n) is 5.13. The summed E-state index contributed by atoms with van der Waals surface area (Å²) < 4.78 is 25.7. The molecule has 1 fully saturated rings. The Morgan fingerprint density at radius 1 is 0.842 bits per heavy atom. The lowest BCUT2D eigenvalue weighted by Crippen LogP contribution is -2.33. The van der Waals surface area contributed by atoms with Crippen LogP contribution in [0.25, 0.3) is 11.1 Å². The van der Waals surface area contributed by atoms with Crippen molar-refractivity contribution >= 4 is 0 Å². The minimum atomic E-state index is -2.47. The molecular weight excluding hydrogens is 246 g/mol. The molecule has 0 bridgehead atoms. The zero-order chi connectivity index (χ0) is 13.5. The Hall–Kier alpha value is -1.90. The molecule has 0 unspecified atom stereocenters. The number of alkyl halides is 2. The van der Waals surface area contributed by atoms with Crippen LogP contribution in [0.1, 0.15) is 24.3 Å². The number of aromatic hydroxyl groups is 1. The van der Waals surface area contributed by atoms with Gasteiger partial charge in [-0.05, 0) is 34.7 Å². The van der Waals surface area contributed by atoms with Gasteiger partial charge in [-0.3, -0.25) is 0 Å². The van der Waals surface area contributed by atoms with Crippen LogP contribution in [0.4, 0.5) is 8.78 Å². The summed E-state index contributed by atoms with van der Waals surface area (Å²) in [6.07, 6.45) is -0.0723. The molecule has 0 saturated heterocycles. The number of rotatable bonds is 2. The van der Waals surface area contributed by atoms with Gasteiger partial charge in [-0.25, -0.2) is 8.78 Å². The predicted octanol–water partition coefficient (Wildman–Crippen LogP) is 4.57. The van der Waals surface area contributed by atoms with Crippen LogP contribution in [0, 0.1) is 0 Å². The summed E-state index contributed by atoms with van der Waals surface area (Å²) >= 11 is 0. The van der Waals surface area contributed by atoms with Gasteiger partial charge in [0.15, 0.2) is 0 Å². The maximum atomic E-state index is 12.8. The van der Waals surface area contributed by atoms with E-state index in [9.17, 15) is 13.9 Å². The van der Waals surface area contributed by atoms with Crippen LogP contribution in [0.2, 0.25) is 0 Å². The second-order valence-corrected chi connectivity index (χ2v) is 5.13. The molecule has 2 aromatic carbocycles. The third-order valence-electron chi connectivity index (χ3n) is 3.67. The van der Waals surface area contributed by atoms with Gasteiger partial charge in [0.05, 0.1) is 0 Å². The van der Waals surface area contributed by atoms with Gasteiger partial charge < -0.3 is 5.11 Å². The van der Waals surface area contributed by atoms with Crippen LogP contribution >= 0.6 is 0 Å². The van der Waals surface area contributed by atoms with Crippen molar-refractivity contribution in [3.8, 4) is 16.9 Å². The summed E-state index contributed by atoms with van der Waals surface area (Å²) in [4.78, 5) is 0. The molecule has 19 heavy (non-hydrogen) atoms. The van der Waals surface area contributed by atoms with Gasteiger partial charge >= 0.3 is 0 Å². The topological polar surface area (TPSA) is 20.2 Å². The van der Waals surface area contributed by atoms with Crippen molar-refractivity contribution in [3.05, 3.63) is 54.1 Å². The van der Waals surface area contributed by atoms with E-state index in [2.05, 4.69) is 0 Å². The first-order chi connectivity index (χ1) is 9.03. The van der Waals surface area contributed by atoms with Crippen LogP contribution in [-0.4, -0.2) is 11.0 Å². The SMILES string of the molecule is Oc1ccc(-c2ccc(C3CC(F)(F)C3)cc2)cc1. The minimum Gasteiger partial charge on any atom is -0.508 e. The summed E-state index contributed by atoms with van der Waals surface area (Å²) in [5.41, 5.74) is 3.01. The molecule has 1 aliphatic rings. The molecule has 1 aliphatic carbocycles. The van der Waals surface area contributed by atoms with Gasteiger partial charge in [0.2, 0.25) is 5.92 Å². The van der Waals surface area contributed by atoms with Gasteiger partial charge in [0.1, 0.15) is 5.75 Å². The molecule has 0 radical (unpaired) electrons. The second kappa shape index (κ2) is 4.34. The fraction of sp³-hybridized carbons (Fsp3) is 0.250. The van der Waals surface area contributed by atoms with Crippen molar-refractivity contribution in [2.75, 3.05) is 0 Å². The fourth-order valence-electron chi connectivity index (χ4n) is 2.50. The van der Waals surface area contributed by atoms with Gasteiger partial charge in [0.25, 0.3) is 0 Å². The van der Waals surface area contributed by atoms with E-state index < -0.39 is 5.92 Å². The molecule has 3 rings (SSSR count). The Labute approximate surface area is 110 Å². The first kappa shape index (κ1) is 12.2. The Morgan fingerprint density at radius 3 is 1.79 bits per heavy atom. The van der Waals surface area contributed by atoms with E-state index in [0.29, 0.717) is 0 Å². The lowest BCUT2D eigenvalue weighted by atomic mass is 9.76. The molecule has 0 amide bonds. The summed E-state index contributed by atoms with van der Waals surface area (Å²) in [5.74, 6) is -2.25.